The molecule has 0 aliphatic heterocycles. The third-order valence-electron chi connectivity index (χ3n) is 2.44. The van der Waals surface area contributed by atoms with Crippen LogP contribution in [0.15, 0.2) is 28.5 Å². The Labute approximate surface area is 93.8 Å². The number of nitriles is 1. The number of hydrogen-bond acceptors (Lipinski definition) is 4. The second-order valence-electron chi connectivity index (χ2n) is 3.35. The van der Waals surface area contributed by atoms with Crippen LogP contribution >= 0.6 is 11.3 Å². The Morgan fingerprint density at radius 1 is 1.44 bits per heavy atom. The number of aromatic nitrogens is 2. The average molecular weight is 227 g/mol. The van der Waals surface area contributed by atoms with Crippen molar-refractivity contribution in [3.63, 3.8) is 0 Å². The van der Waals surface area contributed by atoms with Crippen molar-refractivity contribution in [1.29, 1.82) is 5.26 Å². The van der Waals surface area contributed by atoms with Gasteiger partial charge in [0.05, 0.1) is 21.2 Å². The van der Waals surface area contributed by atoms with Gasteiger partial charge in [-0.15, -0.1) is 11.3 Å². The van der Waals surface area contributed by atoms with Crippen LogP contribution in [0.4, 0.5) is 0 Å². The summed E-state index contributed by atoms with van der Waals surface area (Å²) in [7, 11) is 0. The van der Waals surface area contributed by atoms with Crippen molar-refractivity contribution in [2.45, 2.75) is 0 Å². The summed E-state index contributed by atoms with van der Waals surface area (Å²) in [6.07, 6.45) is 0. The van der Waals surface area contributed by atoms with E-state index < -0.39 is 0 Å². The van der Waals surface area contributed by atoms with E-state index in [1.807, 2.05) is 18.2 Å². The van der Waals surface area contributed by atoms with Crippen LogP contribution in [0, 0.1) is 11.3 Å². The zero-order valence-corrected chi connectivity index (χ0v) is 8.84. The Morgan fingerprint density at radius 2 is 2.31 bits per heavy atom. The number of thiazole rings is 1. The van der Waals surface area contributed by atoms with Gasteiger partial charge in [0.1, 0.15) is 11.6 Å². The number of benzene rings is 1. The summed E-state index contributed by atoms with van der Waals surface area (Å²) < 4.78 is 1.04. The predicted octanol–water partition coefficient (Wildman–Crippen LogP) is 2.01. The van der Waals surface area contributed by atoms with Gasteiger partial charge < -0.3 is 4.98 Å². The molecule has 2 aromatic heterocycles. The normalized spacial score (nSPS) is 10.7. The molecule has 3 aromatic rings. The highest BCUT2D eigenvalue weighted by atomic mass is 32.1. The maximum absolute atomic E-state index is 11.4. The summed E-state index contributed by atoms with van der Waals surface area (Å²) >= 11 is 1.53. The molecule has 1 N–H and O–H groups in total. The van der Waals surface area contributed by atoms with E-state index in [0.717, 1.165) is 15.6 Å². The molecule has 4 nitrogen and oxygen atoms in total. The maximum atomic E-state index is 11.4. The number of H-pyrrole nitrogens is 1. The first kappa shape index (κ1) is 9.07. The minimum atomic E-state index is -0.357. The zero-order valence-electron chi connectivity index (χ0n) is 8.02. The summed E-state index contributed by atoms with van der Waals surface area (Å²) in [6, 6.07) is 7.22. The minimum absolute atomic E-state index is 0.119. The fraction of sp³-hybridized carbons (Fsp3) is 0. The number of hydrogen-bond donors (Lipinski definition) is 1. The highest BCUT2D eigenvalue weighted by Crippen LogP contribution is 2.25. The highest BCUT2D eigenvalue weighted by Gasteiger charge is 2.06. The molecule has 0 radical (unpaired) electrons. The first-order valence-electron chi connectivity index (χ1n) is 4.59. The first-order valence-corrected chi connectivity index (χ1v) is 5.47. The van der Waals surface area contributed by atoms with Gasteiger partial charge in [-0.2, -0.15) is 5.26 Å². The lowest BCUT2D eigenvalue weighted by molar-refractivity contribution is 1.28. The summed E-state index contributed by atoms with van der Waals surface area (Å²) in [5.41, 5.74) is 3.05. The number of nitrogens with one attached hydrogen (secondary N) is 1. The SMILES string of the molecule is N#Cc1cc2c(ccc3scnc32)[nH]c1=O. The van der Waals surface area contributed by atoms with Crippen LogP contribution < -0.4 is 5.56 Å². The molecule has 16 heavy (non-hydrogen) atoms. The monoisotopic (exact) mass is 227 g/mol. The predicted molar refractivity (Wildman–Crippen MR) is 62.5 cm³/mol. The molecule has 0 aliphatic rings. The number of aromatic amines is 1. The van der Waals surface area contributed by atoms with E-state index in [9.17, 15) is 4.79 Å². The van der Waals surface area contributed by atoms with Gasteiger partial charge in [0.2, 0.25) is 0 Å². The largest absolute Gasteiger partial charge is 0.321 e. The van der Waals surface area contributed by atoms with E-state index in [0.29, 0.717) is 5.52 Å². The minimum Gasteiger partial charge on any atom is -0.321 e. The van der Waals surface area contributed by atoms with Gasteiger partial charge in [-0.05, 0) is 18.2 Å². The van der Waals surface area contributed by atoms with Crippen LogP contribution in [-0.4, -0.2) is 9.97 Å². The van der Waals surface area contributed by atoms with Crippen LogP contribution in [0.3, 0.4) is 0 Å². The van der Waals surface area contributed by atoms with Crippen molar-refractivity contribution in [2.24, 2.45) is 0 Å². The molecule has 0 bridgehead atoms. The Kier molecular flexibility index (Phi) is 1.79. The second kappa shape index (κ2) is 3.15. The van der Waals surface area contributed by atoms with E-state index in [1.165, 1.54) is 11.3 Å². The van der Waals surface area contributed by atoms with Crippen LogP contribution in [0.5, 0.6) is 0 Å². The number of rotatable bonds is 0. The third-order valence-corrected chi connectivity index (χ3v) is 3.24. The van der Waals surface area contributed by atoms with Gasteiger partial charge in [-0.3, -0.25) is 4.79 Å². The molecule has 0 saturated carbocycles. The third kappa shape index (κ3) is 1.14. The van der Waals surface area contributed by atoms with Crippen LogP contribution in [0.25, 0.3) is 21.1 Å². The number of nitrogens with zero attached hydrogens (tertiary/aromatic N) is 2. The molecule has 5 heteroatoms. The smallest absolute Gasteiger partial charge is 0.266 e. The Morgan fingerprint density at radius 3 is 3.12 bits per heavy atom. The number of pyridine rings is 1. The Hall–Kier alpha value is -2.19. The van der Waals surface area contributed by atoms with Crippen molar-refractivity contribution in [1.82, 2.24) is 9.97 Å². The first-order chi connectivity index (χ1) is 7.79. The van der Waals surface area contributed by atoms with Crippen molar-refractivity contribution < 1.29 is 0 Å². The topological polar surface area (TPSA) is 69.5 Å². The summed E-state index contributed by atoms with van der Waals surface area (Å²) in [5, 5.41) is 9.63. The fourth-order valence-corrected chi connectivity index (χ4v) is 2.38. The molecule has 0 amide bonds. The summed E-state index contributed by atoms with van der Waals surface area (Å²) in [6.45, 7) is 0. The van der Waals surface area contributed by atoms with Crippen LogP contribution in [0.1, 0.15) is 5.56 Å². The lowest BCUT2D eigenvalue weighted by atomic mass is 10.1. The van der Waals surface area contributed by atoms with E-state index in [1.54, 1.807) is 11.6 Å². The molecule has 0 unspecified atom stereocenters. The van der Waals surface area contributed by atoms with Crippen LogP contribution in [-0.2, 0) is 0 Å². The lowest BCUT2D eigenvalue weighted by Crippen LogP contribution is -2.09. The molecule has 0 spiro atoms. The van der Waals surface area contributed by atoms with Gasteiger partial charge in [0.25, 0.3) is 5.56 Å². The van der Waals surface area contributed by atoms with Crippen molar-refractivity contribution in [2.75, 3.05) is 0 Å². The molecule has 0 saturated heterocycles. The van der Waals surface area contributed by atoms with E-state index in [4.69, 9.17) is 5.26 Å². The Bertz CT molecular complexity index is 794. The standard InChI is InChI=1S/C11H5N3OS/c12-4-6-3-7-8(14-11(6)15)1-2-9-10(7)13-5-16-9/h1-3,5H,(H,14,15). The van der Waals surface area contributed by atoms with Crippen molar-refractivity contribution >= 4 is 32.5 Å². The fourth-order valence-electron chi connectivity index (χ4n) is 1.69. The van der Waals surface area contributed by atoms with E-state index >= 15 is 0 Å². The molecular formula is C11H5N3OS. The second-order valence-corrected chi connectivity index (χ2v) is 4.24. The van der Waals surface area contributed by atoms with Crippen molar-refractivity contribution in [3.8, 4) is 6.07 Å². The van der Waals surface area contributed by atoms with Crippen molar-refractivity contribution in [3.05, 3.63) is 39.6 Å². The maximum Gasteiger partial charge on any atom is 0.266 e. The molecule has 0 fully saturated rings. The lowest BCUT2D eigenvalue weighted by Gasteiger charge is -1.98. The van der Waals surface area contributed by atoms with Crippen LogP contribution in [0.2, 0.25) is 0 Å². The van der Waals surface area contributed by atoms with E-state index in [-0.39, 0.29) is 11.1 Å². The zero-order chi connectivity index (χ0) is 11.1. The highest BCUT2D eigenvalue weighted by molar-refractivity contribution is 7.16. The van der Waals surface area contributed by atoms with Gasteiger partial charge in [-0.25, -0.2) is 4.98 Å². The van der Waals surface area contributed by atoms with Gasteiger partial charge >= 0.3 is 0 Å². The average Bonchev–Trinajstić information content (AvgIpc) is 2.76. The van der Waals surface area contributed by atoms with Gasteiger partial charge in [0, 0.05) is 5.39 Å². The molecule has 0 atom stereocenters. The number of fused-ring (bicyclic) bond motifs is 3. The molecule has 1 aromatic carbocycles. The molecule has 76 valence electrons. The molecule has 0 aliphatic carbocycles. The van der Waals surface area contributed by atoms with Gasteiger partial charge in [-0.1, -0.05) is 0 Å². The van der Waals surface area contributed by atoms with Gasteiger partial charge in [0.15, 0.2) is 0 Å². The molecule has 2 heterocycles. The quantitative estimate of drug-likeness (QED) is 0.638. The molecular weight excluding hydrogens is 222 g/mol. The Balaban J connectivity index is 2.60. The van der Waals surface area contributed by atoms with E-state index in [2.05, 4.69) is 9.97 Å². The molecule has 3 rings (SSSR count). The summed E-state index contributed by atoms with van der Waals surface area (Å²) in [5.74, 6) is 0. The summed E-state index contributed by atoms with van der Waals surface area (Å²) in [4.78, 5) is 18.4.